The van der Waals surface area contributed by atoms with Crippen molar-refractivity contribution in [3.8, 4) is 0 Å². The van der Waals surface area contributed by atoms with Gasteiger partial charge in [0.1, 0.15) is 0 Å². The maximum atomic E-state index is 12.3. The van der Waals surface area contributed by atoms with Crippen LogP contribution in [-0.4, -0.2) is 44.8 Å². The molecule has 0 aromatic heterocycles. The molecule has 0 aliphatic heterocycles. The highest BCUT2D eigenvalue weighted by molar-refractivity contribution is 6.17. The minimum atomic E-state index is -0.157. The van der Waals surface area contributed by atoms with Crippen LogP contribution in [-0.2, 0) is 20.7 Å². The smallest absolute Gasteiger partial charge is 0.227 e. The average Bonchev–Trinajstić information content (AvgIpc) is 2.68. The summed E-state index contributed by atoms with van der Waals surface area (Å²) < 4.78 is 11.0. The van der Waals surface area contributed by atoms with E-state index in [9.17, 15) is 4.79 Å². The summed E-state index contributed by atoms with van der Waals surface area (Å²) in [6, 6.07) is 8.37. The third-order valence-corrected chi connectivity index (χ3v) is 4.87. The van der Waals surface area contributed by atoms with Gasteiger partial charge in [-0.2, -0.15) is 0 Å². The van der Waals surface area contributed by atoms with Crippen LogP contribution in [0.3, 0.4) is 0 Å². The predicted molar refractivity (Wildman–Crippen MR) is 117 cm³/mol. The lowest BCUT2D eigenvalue weighted by Crippen LogP contribution is -2.31. The van der Waals surface area contributed by atoms with Crippen LogP contribution in [0.2, 0.25) is 0 Å². The van der Waals surface area contributed by atoms with Crippen LogP contribution in [0.15, 0.2) is 24.3 Å². The lowest BCUT2D eigenvalue weighted by Gasteiger charge is -2.14. The summed E-state index contributed by atoms with van der Waals surface area (Å²) in [5, 5.41) is 2.94. The molecule has 1 aromatic rings. The van der Waals surface area contributed by atoms with Crippen molar-refractivity contribution in [2.24, 2.45) is 5.92 Å². The van der Waals surface area contributed by atoms with Gasteiger partial charge in [-0.15, -0.1) is 11.6 Å². The van der Waals surface area contributed by atoms with Crippen molar-refractivity contribution in [2.75, 3.05) is 38.9 Å². The molecule has 0 heterocycles. The van der Waals surface area contributed by atoms with E-state index in [0.29, 0.717) is 32.3 Å². The number of benzene rings is 1. The zero-order valence-electron chi connectivity index (χ0n) is 17.8. The van der Waals surface area contributed by atoms with Crippen LogP contribution in [0, 0.1) is 5.92 Å². The van der Waals surface area contributed by atoms with E-state index >= 15 is 0 Å². The largest absolute Gasteiger partial charge is 0.379 e. The Morgan fingerprint density at radius 1 is 0.929 bits per heavy atom. The number of ether oxygens (including phenoxy) is 2. The molecule has 1 unspecified atom stereocenters. The topological polar surface area (TPSA) is 47.6 Å². The van der Waals surface area contributed by atoms with Crippen molar-refractivity contribution >= 4 is 17.5 Å². The van der Waals surface area contributed by atoms with Gasteiger partial charge in [0.15, 0.2) is 0 Å². The number of carbonyl (C=O) groups is 1. The second-order valence-electron chi connectivity index (χ2n) is 7.68. The third-order valence-electron chi connectivity index (χ3n) is 4.61. The Morgan fingerprint density at radius 2 is 1.57 bits per heavy atom. The molecule has 1 aromatic carbocycles. The van der Waals surface area contributed by atoms with E-state index < -0.39 is 0 Å². The predicted octanol–water partition coefficient (Wildman–Crippen LogP) is 4.94. The molecule has 0 aliphatic rings. The highest BCUT2D eigenvalue weighted by Gasteiger charge is 2.14. The second-order valence-corrected chi connectivity index (χ2v) is 8.06. The van der Waals surface area contributed by atoms with Crippen LogP contribution in [0.5, 0.6) is 0 Å². The first-order valence-corrected chi connectivity index (χ1v) is 11.2. The minimum Gasteiger partial charge on any atom is -0.379 e. The monoisotopic (exact) mass is 411 g/mol. The number of alkyl halides is 1. The van der Waals surface area contributed by atoms with Crippen LogP contribution in [0.1, 0.15) is 63.5 Å². The lowest BCUT2D eigenvalue weighted by atomic mass is 9.96. The molecule has 0 aliphatic carbocycles. The molecule has 0 fully saturated rings. The minimum absolute atomic E-state index is 0.0356. The lowest BCUT2D eigenvalue weighted by molar-refractivity contribution is -0.122. The first kappa shape index (κ1) is 24.9. The molecule has 0 radical (unpaired) electrons. The third kappa shape index (κ3) is 11.7. The van der Waals surface area contributed by atoms with Crippen LogP contribution in [0.4, 0.5) is 0 Å². The molecule has 1 rings (SSSR count). The van der Waals surface area contributed by atoms with E-state index in [1.54, 1.807) is 0 Å². The molecular formula is C23H38ClNO3. The fourth-order valence-corrected chi connectivity index (χ4v) is 3.13. The number of unbranched alkanes of at least 4 members (excludes halogenated alkanes) is 3. The molecular weight excluding hydrogens is 374 g/mol. The Balaban J connectivity index is 2.06. The Labute approximate surface area is 176 Å². The normalized spacial score (nSPS) is 12.3. The summed E-state index contributed by atoms with van der Waals surface area (Å²) in [7, 11) is 0. The molecule has 0 saturated heterocycles. The molecule has 4 nitrogen and oxygen atoms in total. The summed E-state index contributed by atoms with van der Waals surface area (Å²) in [5.74, 6) is 1.26. The Hall–Kier alpha value is -1.10. The fourth-order valence-electron chi connectivity index (χ4n) is 2.94. The van der Waals surface area contributed by atoms with Crippen molar-refractivity contribution < 1.29 is 14.3 Å². The number of hydrogen-bond donors (Lipinski definition) is 1. The van der Waals surface area contributed by atoms with Crippen molar-refractivity contribution in [2.45, 2.75) is 58.8 Å². The van der Waals surface area contributed by atoms with E-state index in [2.05, 4.69) is 43.4 Å². The van der Waals surface area contributed by atoms with Crippen molar-refractivity contribution in [3.05, 3.63) is 35.4 Å². The van der Waals surface area contributed by atoms with Gasteiger partial charge in [-0.3, -0.25) is 4.79 Å². The van der Waals surface area contributed by atoms with E-state index in [4.69, 9.17) is 21.1 Å². The van der Waals surface area contributed by atoms with Gasteiger partial charge in [0, 0.05) is 19.0 Å². The van der Waals surface area contributed by atoms with E-state index in [-0.39, 0.29) is 11.8 Å². The quantitative estimate of drug-likeness (QED) is 0.309. The summed E-state index contributed by atoms with van der Waals surface area (Å²) in [6.45, 7) is 9.32. The molecule has 1 amide bonds. The van der Waals surface area contributed by atoms with Crippen LogP contribution < -0.4 is 5.32 Å². The summed E-state index contributed by atoms with van der Waals surface area (Å²) in [6.07, 6.45) is 5.56. The first-order valence-electron chi connectivity index (χ1n) is 10.6. The highest BCUT2D eigenvalue weighted by Crippen LogP contribution is 2.17. The number of hydrogen-bond acceptors (Lipinski definition) is 3. The second kappa shape index (κ2) is 15.8. The maximum Gasteiger partial charge on any atom is 0.227 e. The Kier molecular flexibility index (Phi) is 14.1. The summed E-state index contributed by atoms with van der Waals surface area (Å²) in [5.41, 5.74) is 2.36. The summed E-state index contributed by atoms with van der Waals surface area (Å²) in [4.78, 5) is 12.3. The number of halogens is 1. The molecule has 160 valence electrons. The van der Waals surface area contributed by atoms with Gasteiger partial charge in [-0.05, 0) is 43.2 Å². The van der Waals surface area contributed by atoms with Gasteiger partial charge in [0.25, 0.3) is 0 Å². The van der Waals surface area contributed by atoms with Crippen molar-refractivity contribution in [3.63, 3.8) is 0 Å². The van der Waals surface area contributed by atoms with E-state index in [0.717, 1.165) is 43.7 Å². The van der Waals surface area contributed by atoms with Gasteiger partial charge >= 0.3 is 0 Å². The zero-order valence-corrected chi connectivity index (χ0v) is 18.6. The van der Waals surface area contributed by atoms with E-state index in [1.807, 2.05) is 6.92 Å². The zero-order chi connectivity index (χ0) is 20.6. The first-order chi connectivity index (χ1) is 13.5. The fraction of sp³-hybridized carbons (Fsp3) is 0.696. The molecule has 5 heteroatoms. The molecule has 1 atom stereocenters. The van der Waals surface area contributed by atoms with Gasteiger partial charge in [0.2, 0.25) is 5.91 Å². The molecule has 0 saturated carbocycles. The number of nitrogens with one attached hydrogen (secondary N) is 1. The summed E-state index contributed by atoms with van der Waals surface area (Å²) >= 11 is 5.64. The molecule has 1 N–H and O–H groups in total. The van der Waals surface area contributed by atoms with Crippen molar-refractivity contribution in [1.82, 2.24) is 5.32 Å². The van der Waals surface area contributed by atoms with Gasteiger partial charge in [0.05, 0.1) is 25.7 Å². The Morgan fingerprint density at radius 3 is 2.21 bits per heavy atom. The Bertz CT molecular complexity index is 519. The SMILES string of the molecule is CC(C)Cc1ccc(C(C)C(=O)NCCOCCOCCCCCCCl)cc1. The van der Waals surface area contributed by atoms with Crippen LogP contribution in [0.25, 0.3) is 0 Å². The number of carbonyl (C=O) groups excluding carboxylic acids is 1. The number of rotatable bonds is 16. The van der Waals surface area contributed by atoms with Gasteiger partial charge < -0.3 is 14.8 Å². The van der Waals surface area contributed by atoms with Gasteiger partial charge in [-0.1, -0.05) is 51.0 Å². The van der Waals surface area contributed by atoms with Crippen LogP contribution >= 0.6 is 11.6 Å². The number of amides is 1. The molecule has 28 heavy (non-hydrogen) atoms. The van der Waals surface area contributed by atoms with Gasteiger partial charge in [-0.25, -0.2) is 0 Å². The standard InChI is InChI=1S/C23H38ClNO3/c1-19(2)18-21-8-10-22(11-9-21)20(3)23(26)25-13-15-28-17-16-27-14-7-5-4-6-12-24/h8-11,19-20H,4-7,12-18H2,1-3H3,(H,25,26). The van der Waals surface area contributed by atoms with Crippen molar-refractivity contribution in [1.29, 1.82) is 0 Å². The molecule has 0 bridgehead atoms. The van der Waals surface area contributed by atoms with E-state index in [1.165, 1.54) is 12.0 Å². The maximum absolute atomic E-state index is 12.3. The highest BCUT2D eigenvalue weighted by atomic mass is 35.5. The molecule has 0 spiro atoms. The average molecular weight is 412 g/mol.